The normalized spacial score (nSPS) is 23.0. The monoisotopic (exact) mass is 899 g/mol. The van der Waals surface area contributed by atoms with E-state index in [1.54, 1.807) is 18.2 Å². The molecule has 356 valence electrons. The largest absolute Gasteiger partial charge is 0.472 e. The molecule has 1 rings (SSSR count). The molecule has 0 spiro atoms. The highest BCUT2D eigenvalue weighted by molar-refractivity contribution is 7.47. The fourth-order valence-electron chi connectivity index (χ4n) is 6.40. The summed E-state index contributed by atoms with van der Waals surface area (Å²) in [6.45, 7) is 3.03. The lowest BCUT2D eigenvalue weighted by Crippen LogP contribution is -2.64. The van der Waals surface area contributed by atoms with E-state index in [1.807, 2.05) is 18.2 Å². The molecule has 0 aliphatic heterocycles. The molecule has 0 aromatic heterocycles. The number of hydrogen-bond donors (Lipinski definition) is 7. The van der Waals surface area contributed by atoms with Crippen LogP contribution in [0.25, 0.3) is 0 Å². The molecule has 0 aromatic carbocycles. The van der Waals surface area contributed by atoms with Crippen LogP contribution < -0.4 is 0 Å². The van der Waals surface area contributed by atoms with Gasteiger partial charge in [0.25, 0.3) is 0 Å². The van der Waals surface area contributed by atoms with Crippen molar-refractivity contribution in [3.05, 3.63) is 72.9 Å². The van der Waals surface area contributed by atoms with Crippen molar-refractivity contribution < 1.29 is 68.2 Å². The summed E-state index contributed by atoms with van der Waals surface area (Å²) < 4.78 is 33.4. The molecule has 7 N–H and O–H groups in total. The molecule has 1 aliphatic rings. The smallest absolute Gasteiger partial charge is 0.462 e. The highest BCUT2D eigenvalue weighted by Gasteiger charge is 2.51. The summed E-state index contributed by atoms with van der Waals surface area (Å²) in [7, 11) is -5.16. The average Bonchev–Trinajstić information content (AvgIpc) is 3.25. The third-order valence-corrected chi connectivity index (χ3v) is 11.1. The number of unbranched alkanes of at least 4 members (excludes halogenated alkanes) is 12. The highest BCUT2D eigenvalue weighted by atomic mass is 31.2. The van der Waals surface area contributed by atoms with Gasteiger partial charge in [-0.2, -0.15) is 0 Å². The maximum Gasteiger partial charge on any atom is 0.472 e. The van der Waals surface area contributed by atoms with E-state index in [9.17, 15) is 49.7 Å². The number of carbonyl (C=O) groups is 2. The predicted molar refractivity (Wildman–Crippen MR) is 241 cm³/mol. The molecule has 14 nitrogen and oxygen atoms in total. The van der Waals surface area contributed by atoms with E-state index < -0.39 is 81.8 Å². The molecule has 62 heavy (non-hydrogen) atoms. The van der Waals surface area contributed by atoms with Gasteiger partial charge in [0.2, 0.25) is 0 Å². The lowest BCUT2D eigenvalue weighted by atomic mass is 9.85. The van der Waals surface area contributed by atoms with E-state index in [0.29, 0.717) is 25.7 Å². The van der Waals surface area contributed by atoms with Gasteiger partial charge in [-0.15, -0.1) is 0 Å². The second-order valence-corrected chi connectivity index (χ2v) is 17.1. The number of aliphatic hydroxyl groups is 6. The molecular weight excluding hydrogens is 819 g/mol. The van der Waals surface area contributed by atoms with Crippen molar-refractivity contribution in [2.75, 3.05) is 13.2 Å². The van der Waals surface area contributed by atoms with E-state index in [0.717, 1.165) is 57.8 Å². The molecule has 7 atom stereocenters. The van der Waals surface area contributed by atoms with E-state index in [2.05, 4.69) is 50.3 Å². The van der Waals surface area contributed by atoms with E-state index in [-0.39, 0.29) is 12.8 Å². The maximum absolute atomic E-state index is 12.8. The Morgan fingerprint density at radius 1 is 0.597 bits per heavy atom. The summed E-state index contributed by atoms with van der Waals surface area (Å²) in [5.41, 5.74) is 0. The fraction of sp³-hybridized carbons (Fsp3) is 0.702. The van der Waals surface area contributed by atoms with Crippen LogP contribution in [0.4, 0.5) is 0 Å². The number of phosphoric acid groups is 1. The van der Waals surface area contributed by atoms with Gasteiger partial charge in [0, 0.05) is 12.8 Å². The predicted octanol–water partition coefficient (Wildman–Crippen LogP) is 7.69. The van der Waals surface area contributed by atoms with Crippen LogP contribution in [-0.2, 0) is 32.7 Å². The maximum atomic E-state index is 12.8. The van der Waals surface area contributed by atoms with Crippen molar-refractivity contribution in [3.8, 4) is 0 Å². The molecule has 0 bridgehead atoms. The third-order valence-electron chi connectivity index (χ3n) is 10.1. The zero-order valence-corrected chi connectivity index (χ0v) is 38.1. The number of hydrogen-bond acceptors (Lipinski definition) is 13. The minimum atomic E-state index is -5.16. The number of allylic oxidation sites excluding steroid dienone is 10. The summed E-state index contributed by atoms with van der Waals surface area (Å²) >= 11 is 0. The molecule has 1 saturated carbocycles. The fourth-order valence-corrected chi connectivity index (χ4v) is 7.37. The van der Waals surface area contributed by atoms with E-state index >= 15 is 0 Å². The van der Waals surface area contributed by atoms with Crippen LogP contribution in [0.5, 0.6) is 0 Å². The molecule has 7 unspecified atom stereocenters. The third kappa shape index (κ3) is 28.8. The Hall–Kier alpha value is -2.75. The van der Waals surface area contributed by atoms with Crippen LogP contribution in [0, 0.1) is 0 Å². The zero-order valence-electron chi connectivity index (χ0n) is 37.2. The topological polar surface area (TPSA) is 230 Å². The van der Waals surface area contributed by atoms with E-state index in [1.165, 1.54) is 38.5 Å². The van der Waals surface area contributed by atoms with Crippen LogP contribution in [0.3, 0.4) is 0 Å². The molecule has 0 saturated heterocycles. The van der Waals surface area contributed by atoms with Gasteiger partial charge in [0.1, 0.15) is 43.2 Å². The van der Waals surface area contributed by atoms with Gasteiger partial charge in [-0.05, 0) is 70.6 Å². The van der Waals surface area contributed by atoms with Gasteiger partial charge < -0.3 is 45.0 Å². The average molecular weight is 899 g/mol. The van der Waals surface area contributed by atoms with E-state index in [4.69, 9.17) is 18.5 Å². The van der Waals surface area contributed by atoms with Crippen molar-refractivity contribution in [2.45, 2.75) is 198 Å². The number of ether oxygens (including phenoxy) is 2. The summed E-state index contributed by atoms with van der Waals surface area (Å²) in [4.78, 5) is 35.7. The standard InChI is InChI=1S/C47H79O14P/c1-3-5-7-9-11-13-15-16-17-18-19-21-23-25-30-34-40(49)58-36-39(37-59-62(56,57)61-47-45(54)43(52)42(51)44(53)46(47)55)60-41(50)35-31-27-26-29-33-38(48)32-28-24-22-20-14-12-10-8-6-4-2/h6,8,12,14,16-17,22,24,26,28-29,32,38-39,42-48,51-55H,3-5,7,9-11,13,15,18-21,23,25,27,30-31,33-37H2,1-2H3,(H,56,57)/b8-6-,14-12-,17-16-,24-22-,29-26-,32-28+. The summed E-state index contributed by atoms with van der Waals surface area (Å²) in [5, 5.41) is 60.3. The van der Waals surface area contributed by atoms with Crippen LogP contribution in [0.2, 0.25) is 0 Å². The molecule has 0 aromatic rings. The Morgan fingerprint density at radius 2 is 1.13 bits per heavy atom. The molecule has 0 heterocycles. The van der Waals surface area contributed by atoms with Crippen molar-refractivity contribution in [2.24, 2.45) is 0 Å². The SMILES string of the molecule is CC/C=C\C/C=C\C/C=C\C=C\C(O)C/C=C\CCCC(=O)OC(COC(=O)CCCCCCC/C=C\CCCCCCCC)COP(=O)(O)OC1C(O)C(O)C(O)C(O)C1O. The summed E-state index contributed by atoms with van der Waals surface area (Å²) in [5.74, 6) is -1.25. The molecule has 1 aliphatic carbocycles. The van der Waals surface area contributed by atoms with Gasteiger partial charge in [0.05, 0.1) is 12.7 Å². The Labute approximate surface area is 370 Å². The van der Waals surface area contributed by atoms with Crippen LogP contribution in [0.15, 0.2) is 72.9 Å². The number of esters is 2. The molecule has 0 amide bonds. The second-order valence-electron chi connectivity index (χ2n) is 15.7. The molecule has 0 radical (unpaired) electrons. The van der Waals surface area contributed by atoms with Crippen LogP contribution in [-0.4, -0.2) is 110 Å². The lowest BCUT2D eigenvalue weighted by molar-refractivity contribution is -0.220. The van der Waals surface area contributed by atoms with Gasteiger partial charge in [-0.25, -0.2) is 4.57 Å². The number of phosphoric ester groups is 1. The minimum Gasteiger partial charge on any atom is -0.462 e. The quantitative estimate of drug-likeness (QED) is 0.0105. The minimum absolute atomic E-state index is 0.0495. The first kappa shape index (κ1) is 57.3. The van der Waals surface area contributed by atoms with Crippen molar-refractivity contribution in [1.82, 2.24) is 0 Å². The van der Waals surface area contributed by atoms with Gasteiger partial charge in [0.15, 0.2) is 6.10 Å². The Balaban J connectivity index is 2.56. The van der Waals surface area contributed by atoms with Crippen molar-refractivity contribution in [1.29, 1.82) is 0 Å². The number of rotatable bonds is 36. The van der Waals surface area contributed by atoms with Crippen LogP contribution in [0.1, 0.15) is 149 Å². The molecule has 1 fully saturated rings. The first-order chi connectivity index (χ1) is 29.8. The molecular formula is C47H79O14P. The van der Waals surface area contributed by atoms with Crippen molar-refractivity contribution in [3.63, 3.8) is 0 Å². The lowest BCUT2D eigenvalue weighted by Gasteiger charge is -2.41. The zero-order chi connectivity index (χ0) is 45.9. The van der Waals surface area contributed by atoms with Crippen LogP contribution >= 0.6 is 7.82 Å². The van der Waals surface area contributed by atoms with Gasteiger partial charge in [-0.3, -0.25) is 18.6 Å². The van der Waals surface area contributed by atoms with Gasteiger partial charge in [-0.1, -0.05) is 138 Å². The second kappa shape index (κ2) is 36.6. The summed E-state index contributed by atoms with van der Waals surface area (Å²) in [6, 6.07) is 0. The summed E-state index contributed by atoms with van der Waals surface area (Å²) in [6.07, 6.45) is 28.3. The number of carbonyl (C=O) groups excluding carboxylic acids is 2. The van der Waals surface area contributed by atoms with Crippen molar-refractivity contribution >= 4 is 19.8 Å². The Bertz CT molecular complexity index is 1380. The Morgan fingerprint density at radius 3 is 1.77 bits per heavy atom. The first-order valence-electron chi connectivity index (χ1n) is 22.8. The van der Waals surface area contributed by atoms with Gasteiger partial charge >= 0.3 is 19.8 Å². The Kier molecular flexibility index (Phi) is 33.8. The number of aliphatic hydroxyl groups excluding tert-OH is 6. The first-order valence-corrected chi connectivity index (χ1v) is 24.3. The molecule has 15 heteroatoms. The highest BCUT2D eigenvalue weighted by Crippen LogP contribution is 2.47.